The van der Waals surface area contributed by atoms with Gasteiger partial charge in [0.25, 0.3) is 0 Å². The summed E-state index contributed by atoms with van der Waals surface area (Å²) in [5.74, 6) is 0.529. The molecule has 0 amide bonds. The number of ketones is 1. The van der Waals surface area contributed by atoms with Crippen molar-refractivity contribution in [2.75, 3.05) is 17.3 Å². The number of carbonyl (C=O) groups excluding carboxylic acids is 1. The van der Waals surface area contributed by atoms with Crippen molar-refractivity contribution in [2.24, 2.45) is 0 Å². The molecule has 25 heavy (non-hydrogen) atoms. The fourth-order valence-corrected chi connectivity index (χ4v) is 2.40. The van der Waals surface area contributed by atoms with Crippen LogP contribution in [0.1, 0.15) is 6.92 Å². The van der Waals surface area contributed by atoms with Gasteiger partial charge in [0, 0.05) is 30.8 Å². The van der Waals surface area contributed by atoms with E-state index in [0.717, 1.165) is 28.2 Å². The number of aromatic nitrogens is 3. The maximum atomic E-state index is 11.2. The molecule has 0 saturated carbocycles. The van der Waals surface area contributed by atoms with Crippen LogP contribution in [0.25, 0.3) is 11.0 Å². The number of anilines is 3. The number of Topliss-reactive ketones (excluding diaryl/α,β-unsaturated/α-hetero) is 1. The molecular weight excluding hydrogens is 316 g/mol. The molecule has 3 aromatic rings. The maximum Gasteiger partial charge on any atom is 0.171 e. The molecule has 7 heteroatoms. The molecule has 0 bridgehead atoms. The summed E-state index contributed by atoms with van der Waals surface area (Å²) < 4.78 is 0. The van der Waals surface area contributed by atoms with E-state index in [1.54, 1.807) is 0 Å². The first kappa shape index (κ1) is 16.2. The predicted molar refractivity (Wildman–Crippen MR) is 96.4 cm³/mol. The minimum absolute atomic E-state index is 0.0806. The molecule has 7 nitrogen and oxygen atoms in total. The Morgan fingerprint density at radius 2 is 2.04 bits per heavy atom. The standard InChI is InChI=1S/C18H16N6O/c1-12(25)13(9-19)10-21-14-3-5-15(6-4-14)24(2)18-16-7-8-20-17(16)22-11-23-18/h3-8,10-11,21H,1-2H3,(H,20,22,23). The van der Waals surface area contributed by atoms with E-state index in [0.29, 0.717) is 0 Å². The summed E-state index contributed by atoms with van der Waals surface area (Å²) in [5, 5.41) is 12.8. The van der Waals surface area contributed by atoms with Crippen LogP contribution in [0.4, 0.5) is 17.2 Å². The molecule has 0 atom stereocenters. The number of fused-ring (bicyclic) bond motifs is 1. The van der Waals surface area contributed by atoms with Crippen LogP contribution in [-0.4, -0.2) is 27.8 Å². The van der Waals surface area contributed by atoms with E-state index in [9.17, 15) is 4.79 Å². The topological polar surface area (TPSA) is 97.7 Å². The van der Waals surface area contributed by atoms with Crippen molar-refractivity contribution < 1.29 is 4.79 Å². The van der Waals surface area contributed by atoms with Crippen LogP contribution in [-0.2, 0) is 4.79 Å². The second-order valence-electron chi connectivity index (χ2n) is 5.41. The van der Waals surface area contributed by atoms with Crippen molar-refractivity contribution in [1.82, 2.24) is 15.0 Å². The lowest BCUT2D eigenvalue weighted by molar-refractivity contribution is -0.113. The zero-order valence-corrected chi connectivity index (χ0v) is 13.8. The van der Waals surface area contributed by atoms with Crippen molar-refractivity contribution in [1.29, 1.82) is 5.26 Å². The number of aromatic amines is 1. The Labute approximate surface area is 144 Å². The number of allylic oxidation sites excluding steroid dienone is 1. The van der Waals surface area contributed by atoms with Gasteiger partial charge in [-0.2, -0.15) is 5.26 Å². The molecule has 2 aromatic heterocycles. The quantitative estimate of drug-likeness (QED) is 0.550. The fourth-order valence-electron chi connectivity index (χ4n) is 2.40. The Bertz CT molecular complexity index is 981. The number of benzene rings is 1. The van der Waals surface area contributed by atoms with Crippen LogP contribution >= 0.6 is 0 Å². The van der Waals surface area contributed by atoms with Crippen molar-refractivity contribution in [2.45, 2.75) is 6.92 Å². The molecule has 2 heterocycles. The molecule has 0 spiro atoms. The number of hydrogen-bond acceptors (Lipinski definition) is 6. The predicted octanol–water partition coefficient (Wildman–Crippen LogP) is 3.13. The zero-order valence-electron chi connectivity index (χ0n) is 13.8. The second-order valence-corrected chi connectivity index (χ2v) is 5.41. The Kier molecular flexibility index (Phi) is 4.44. The van der Waals surface area contributed by atoms with Gasteiger partial charge < -0.3 is 15.2 Å². The summed E-state index contributed by atoms with van der Waals surface area (Å²) in [5.41, 5.74) is 2.59. The number of nitrogens with zero attached hydrogens (tertiary/aromatic N) is 4. The number of carbonyl (C=O) groups is 1. The summed E-state index contributed by atoms with van der Waals surface area (Å²) in [4.78, 5) is 24.8. The highest BCUT2D eigenvalue weighted by atomic mass is 16.1. The van der Waals surface area contributed by atoms with Gasteiger partial charge in [-0.15, -0.1) is 0 Å². The van der Waals surface area contributed by atoms with Gasteiger partial charge in [0.15, 0.2) is 5.78 Å². The summed E-state index contributed by atoms with van der Waals surface area (Å²) in [6, 6.07) is 11.4. The van der Waals surface area contributed by atoms with Crippen molar-refractivity contribution in [3.8, 4) is 6.07 Å². The number of H-pyrrole nitrogens is 1. The molecule has 1 aromatic carbocycles. The number of nitrogens with one attached hydrogen (secondary N) is 2. The fraction of sp³-hybridized carbons (Fsp3) is 0.111. The molecule has 0 saturated heterocycles. The normalized spacial score (nSPS) is 11.2. The Morgan fingerprint density at radius 3 is 2.72 bits per heavy atom. The first-order valence-corrected chi connectivity index (χ1v) is 7.60. The minimum Gasteiger partial charge on any atom is -0.360 e. The Morgan fingerprint density at radius 1 is 1.28 bits per heavy atom. The molecule has 3 rings (SSSR count). The smallest absolute Gasteiger partial charge is 0.171 e. The largest absolute Gasteiger partial charge is 0.360 e. The highest BCUT2D eigenvalue weighted by Crippen LogP contribution is 2.28. The second kappa shape index (κ2) is 6.84. The molecule has 0 aliphatic rings. The van der Waals surface area contributed by atoms with E-state index in [1.165, 1.54) is 19.5 Å². The van der Waals surface area contributed by atoms with Gasteiger partial charge in [-0.1, -0.05) is 0 Å². The van der Waals surface area contributed by atoms with Crippen LogP contribution in [0.5, 0.6) is 0 Å². The molecule has 124 valence electrons. The Balaban J connectivity index is 1.82. The summed E-state index contributed by atoms with van der Waals surface area (Å²) in [6.07, 6.45) is 4.77. The van der Waals surface area contributed by atoms with E-state index < -0.39 is 0 Å². The average Bonchev–Trinajstić information content (AvgIpc) is 3.10. The van der Waals surface area contributed by atoms with Gasteiger partial charge in [0.2, 0.25) is 0 Å². The molecule has 0 radical (unpaired) electrons. The first-order chi connectivity index (χ1) is 12.1. The van der Waals surface area contributed by atoms with E-state index in [-0.39, 0.29) is 11.4 Å². The highest BCUT2D eigenvalue weighted by molar-refractivity contribution is 5.97. The van der Waals surface area contributed by atoms with Gasteiger partial charge in [-0.3, -0.25) is 4.79 Å². The highest BCUT2D eigenvalue weighted by Gasteiger charge is 2.11. The van der Waals surface area contributed by atoms with E-state index >= 15 is 0 Å². The van der Waals surface area contributed by atoms with Crippen LogP contribution < -0.4 is 10.2 Å². The molecule has 0 aliphatic carbocycles. The summed E-state index contributed by atoms with van der Waals surface area (Å²) in [6.45, 7) is 1.36. The Hall–Kier alpha value is -3.66. The van der Waals surface area contributed by atoms with Gasteiger partial charge in [0.1, 0.15) is 29.4 Å². The maximum absolute atomic E-state index is 11.2. The van der Waals surface area contributed by atoms with Crippen molar-refractivity contribution in [3.63, 3.8) is 0 Å². The third-order valence-corrected chi connectivity index (χ3v) is 3.79. The molecule has 2 N–H and O–H groups in total. The summed E-state index contributed by atoms with van der Waals surface area (Å²) >= 11 is 0. The molecule has 0 fully saturated rings. The number of nitriles is 1. The van der Waals surface area contributed by atoms with Crippen LogP contribution in [0.2, 0.25) is 0 Å². The van der Waals surface area contributed by atoms with Gasteiger partial charge in [-0.05, 0) is 37.3 Å². The lowest BCUT2D eigenvalue weighted by Crippen LogP contribution is -2.11. The van der Waals surface area contributed by atoms with Crippen molar-refractivity contribution >= 4 is 34.0 Å². The van der Waals surface area contributed by atoms with E-state index in [2.05, 4.69) is 20.3 Å². The molecular formula is C18H16N6O. The minimum atomic E-state index is -0.273. The monoisotopic (exact) mass is 332 g/mol. The lowest BCUT2D eigenvalue weighted by Gasteiger charge is -2.19. The summed E-state index contributed by atoms with van der Waals surface area (Å²) in [7, 11) is 1.93. The van der Waals surface area contributed by atoms with Gasteiger partial charge in [0.05, 0.1) is 5.39 Å². The number of hydrogen-bond donors (Lipinski definition) is 2. The van der Waals surface area contributed by atoms with E-state index in [1.807, 2.05) is 54.5 Å². The molecule has 0 unspecified atom stereocenters. The third-order valence-electron chi connectivity index (χ3n) is 3.79. The van der Waals surface area contributed by atoms with Crippen LogP contribution in [0.15, 0.2) is 54.6 Å². The van der Waals surface area contributed by atoms with Crippen molar-refractivity contribution in [3.05, 3.63) is 54.6 Å². The number of rotatable bonds is 5. The molecule has 0 aliphatic heterocycles. The average molecular weight is 332 g/mol. The third kappa shape index (κ3) is 3.33. The van der Waals surface area contributed by atoms with Crippen LogP contribution in [0.3, 0.4) is 0 Å². The van der Waals surface area contributed by atoms with Gasteiger partial charge in [-0.25, -0.2) is 9.97 Å². The lowest BCUT2D eigenvalue weighted by atomic mass is 10.2. The van der Waals surface area contributed by atoms with E-state index in [4.69, 9.17) is 5.26 Å². The zero-order chi connectivity index (χ0) is 17.8. The SMILES string of the molecule is CC(=O)C(C#N)=CNc1ccc(N(C)c2ncnc3[nH]ccc23)cc1. The van der Waals surface area contributed by atoms with Crippen LogP contribution in [0, 0.1) is 11.3 Å². The first-order valence-electron chi connectivity index (χ1n) is 7.60. The van der Waals surface area contributed by atoms with Gasteiger partial charge >= 0.3 is 0 Å².